The molecule has 1 aliphatic rings. The number of halogens is 3. The summed E-state index contributed by atoms with van der Waals surface area (Å²) in [5.41, 5.74) is 0.519. The smallest absolute Gasteiger partial charge is 0.176 e. The quantitative estimate of drug-likeness (QED) is 0.684. The molecule has 0 bridgehead atoms. The minimum atomic E-state index is -0.802. The van der Waals surface area contributed by atoms with Crippen molar-refractivity contribution >= 4 is 33.0 Å². The fraction of sp³-hybridized carbons (Fsp3) is 0.267. The van der Waals surface area contributed by atoms with Crippen molar-refractivity contribution in [1.82, 2.24) is 0 Å². The Morgan fingerprint density at radius 2 is 2.00 bits per heavy atom. The number of hydrogen-bond acceptors (Lipinski definition) is 2. The summed E-state index contributed by atoms with van der Waals surface area (Å²) < 4.78 is 28.2. The average Bonchev–Trinajstić information content (AvgIpc) is 2.85. The van der Waals surface area contributed by atoms with Crippen molar-refractivity contribution in [3.05, 3.63) is 55.7 Å². The van der Waals surface area contributed by atoms with Crippen LogP contribution in [-0.2, 0) is 6.42 Å². The zero-order valence-electron chi connectivity index (χ0n) is 10.5. The van der Waals surface area contributed by atoms with Crippen LogP contribution in [0.25, 0.3) is 0 Å². The SMILES string of the molecule is O=C(c1c(F)cc(Br)cc1F)C1CCCc2sccc21. The number of Topliss-reactive ketones (excluding diaryl/α,β-unsaturated/α-hetero) is 1. The van der Waals surface area contributed by atoms with Crippen molar-refractivity contribution in [2.24, 2.45) is 0 Å². The highest BCUT2D eigenvalue weighted by atomic mass is 79.9. The van der Waals surface area contributed by atoms with E-state index in [1.807, 2.05) is 11.4 Å². The van der Waals surface area contributed by atoms with Crippen molar-refractivity contribution in [1.29, 1.82) is 0 Å². The van der Waals surface area contributed by atoms with E-state index in [-0.39, 0.29) is 0 Å². The summed E-state index contributed by atoms with van der Waals surface area (Å²) in [6.07, 6.45) is 2.48. The van der Waals surface area contributed by atoms with Crippen LogP contribution in [0.15, 0.2) is 28.1 Å². The molecule has 1 unspecified atom stereocenters. The number of rotatable bonds is 2. The molecule has 0 aliphatic heterocycles. The Hall–Kier alpha value is -1.07. The molecule has 1 nitrogen and oxygen atoms in total. The number of fused-ring (bicyclic) bond motifs is 1. The number of thiophene rings is 1. The second kappa shape index (κ2) is 5.37. The highest BCUT2D eigenvalue weighted by Gasteiger charge is 2.31. The lowest BCUT2D eigenvalue weighted by molar-refractivity contribution is 0.0943. The number of ketones is 1. The van der Waals surface area contributed by atoms with Crippen LogP contribution in [0.3, 0.4) is 0 Å². The maximum atomic E-state index is 13.9. The van der Waals surface area contributed by atoms with E-state index in [0.717, 1.165) is 35.4 Å². The molecule has 0 N–H and O–H groups in total. The first kappa shape index (κ1) is 13.9. The molecular formula is C15H11BrF2OS. The van der Waals surface area contributed by atoms with E-state index in [1.165, 1.54) is 0 Å². The summed E-state index contributed by atoms with van der Waals surface area (Å²) >= 11 is 4.63. The second-order valence-corrected chi connectivity index (χ2v) is 6.77. The van der Waals surface area contributed by atoms with Gasteiger partial charge < -0.3 is 0 Å². The third-order valence-corrected chi connectivity index (χ3v) is 5.08. The van der Waals surface area contributed by atoms with Crippen molar-refractivity contribution in [3.8, 4) is 0 Å². The molecular weight excluding hydrogens is 346 g/mol. The number of carbonyl (C=O) groups is 1. The molecule has 0 radical (unpaired) electrons. The van der Waals surface area contributed by atoms with E-state index in [4.69, 9.17) is 0 Å². The van der Waals surface area contributed by atoms with Gasteiger partial charge in [-0.25, -0.2) is 8.78 Å². The second-order valence-electron chi connectivity index (χ2n) is 4.85. The zero-order valence-corrected chi connectivity index (χ0v) is 12.9. The molecule has 0 saturated carbocycles. The molecule has 0 saturated heterocycles. The van der Waals surface area contributed by atoms with Gasteiger partial charge in [0.15, 0.2) is 5.78 Å². The van der Waals surface area contributed by atoms with Gasteiger partial charge in [-0.05, 0) is 48.4 Å². The van der Waals surface area contributed by atoms with Crippen LogP contribution in [0, 0.1) is 11.6 Å². The Bertz CT molecular complexity index is 657. The zero-order chi connectivity index (χ0) is 14.3. The molecule has 20 heavy (non-hydrogen) atoms. The van der Waals surface area contributed by atoms with Gasteiger partial charge in [-0.15, -0.1) is 11.3 Å². The van der Waals surface area contributed by atoms with Crippen LogP contribution in [0.5, 0.6) is 0 Å². The van der Waals surface area contributed by atoms with Crippen molar-refractivity contribution in [3.63, 3.8) is 0 Å². The lowest BCUT2D eigenvalue weighted by Crippen LogP contribution is -2.19. The molecule has 2 aromatic rings. The van der Waals surface area contributed by atoms with Crippen LogP contribution in [-0.4, -0.2) is 5.78 Å². The number of hydrogen-bond donors (Lipinski definition) is 0. The van der Waals surface area contributed by atoms with Gasteiger partial charge in [-0.1, -0.05) is 15.9 Å². The van der Waals surface area contributed by atoms with E-state index >= 15 is 0 Å². The third kappa shape index (κ3) is 2.33. The molecule has 5 heteroatoms. The van der Waals surface area contributed by atoms with E-state index in [0.29, 0.717) is 10.9 Å². The highest BCUT2D eigenvalue weighted by molar-refractivity contribution is 9.10. The van der Waals surface area contributed by atoms with Crippen LogP contribution in [0.1, 0.15) is 39.6 Å². The molecule has 0 amide bonds. The van der Waals surface area contributed by atoms with E-state index < -0.39 is 28.9 Å². The van der Waals surface area contributed by atoms with E-state index in [1.54, 1.807) is 11.3 Å². The molecule has 1 aromatic heterocycles. The van der Waals surface area contributed by atoms with Gasteiger partial charge in [0, 0.05) is 15.3 Å². The van der Waals surface area contributed by atoms with Crippen molar-refractivity contribution < 1.29 is 13.6 Å². The van der Waals surface area contributed by atoms with Gasteiger partial charge in [0.2, 0.25) is 0 Å². The lowest BCUT2D eigenvalue weighted by atomic mass is 9.82. The molecule has 0 fully saturated rings. The topological polar surface area (TPSA) is 17.1 Å². The van der Waals surface area contributed by atoms with Crippen LogP contribution < -0.4 is 0 Å². The summed E-state index contributed by atoms with van der Waals surface area (Å²) in [6.45, 7) is 0. The molecule has 1 aliphatic carbocycles. The molecule has 0 spiro atoms. The van der Waals surface area contributed by atoms with Crippen molar-refractivity contribution in [2.75, 3.05) is 0 Å². The Kier molecular flexibility index (Phi) is 3.73. The fourth-order valence-corrected chi connectivity index (χ4v) is 4.10. The van der Waals surface area contributed by atoms with Gasteiger partial charge in [-0.2, -0.15) is 0 Å². The Labute approximate surface area is 127 Å². The molecule has 3 rings (SSSR count). The normalized spacial score (nSPS) is 17.9. The first-order chi connectivity index (χ1) is 9.58. The van der Waals surface area contributed by atoms with Gasteiger partial charge in [0.1, 0.15) is 11.6 Å². The van der Waals surface area contributed by atoms with Crippen LogP contribution >= 0.6 is 27.3 Å². The summed E-state index contributed by atoms with van der Waals surface area (Å²) in [6, 6.07) is 4.16. The molecule has 104 valence electrons. The average molecular weight is 357 g/mol. The molecule has 1 heterocycles. The molecule has 1 atom stereocenters. The number of carbonyl (C=O) groups excluding carboxylic acids is 1. The Balaban J connectivity index is 2.03. The Morgan fingerprint density at radius 1 is 1.30 bits per heavy atom. The minimum absolute atomic E-state index is 0.295. The van der Waals surface area contributed by atoms with Gasteiger partial charge in [0.05, 0.1) is 5.56 Å². The van der Waals surface area contributed by atoms with Crippen molar-refractivity contribution in [2.45, 2.75) is 25.2 Å². The Morgan fingerprint density at radius 3 is 2.70 bits per heavy atom. The van der Waals surface area contributed by atoms with E-state index in [2.05, 4.69) is 15.9 Å². The van der Waals surface area contributed by atoms with Gasteiger partial charge in [-0.3, -0.25) is 4.79 Å². The van der Waals surface area contributed by atoms with Crippen LogP contribution in [0.4, 0.5) is 8.78 Å². The maximum Gasteiger partial charge on any atom is 0.176 e. The predicted octanol–water partition coefficient (Wildman–Crippen LogP) is 5.09. The lowest BCUT2D eigenvalue weighted by Gasteiger charge is -2.21. The summed E-state index contributed by atoms with van der Waals surface area (Å²) in [5.74, 6) is -2.48. The van der Waals surface area contributed by atoms with Gasteiger partial charge >= 0.3 is 0 Å². The first-order valence-corrected chi connectivity index (χ1v) is 8.00. The van der Waals surface area contributed by atoms with Gasteiger partial charge in [0.25, 0.3) is 0 Å². The van der Waals surface area contributed by atoms with E-state index in [9.17, 15) is 13.6 Å². The minimum Gasteiger partial charge on any atom is -0.293 e. The summed E-state index contributed by atoms with van der Waals surface area (Å²) in [7, 11) is 0. The standard InChI is InChI=1S/C15H11BrF2OS/c16-8-6-11(17)14(12(18)7-8)15(19)10-2-1-3-13-9(10)4-5-20-13/h4-7,10H,1-3H2. The highest BCUT2D eigenvalue weighted by Crippen LogP contribution is 2.38. The summed E-state index contributed by atoms with van der Waals surface area (Å²) in [5, 5.41) is 1.94. The third-order valence-electron chi connectivity index (χ3n) is 3.62. The first-order valence-electron chi connectivity index (χ1n) is 6.33. The fourth-order valence-electron chi connectivity index (χ4n) is 2.71. The maximum absolute atomic E-state index is 13.9. The molecule has 1 aromatic carbocycles. The monoisotopic (exact) mass is 356 g/mol. The summed E-state index contributed by atoms with van der Waals surface area (Å²) in [4.78, 5) is 13.7. The van der Waals surface area contributed by atoms with Crippen LogP contribution in [0.2, 0.25) is 0 Å². The predicted molar refractivity (Wildman–Crippen MR) is 78.4 cm³/mol. The largest absolute Gasteiger partial charge is 0.293 e. The number of aryl methyl sites for hydroxylation is 1. The number of benzene rings is 1.